The van der Waals surface area contributed by atoms with E-state index in [-0.39, 0.29) is 5.91 Å². The minimum Gasteiger partial charge on any atom is -0.491 e. The molecule has 1 aromatic rings. The molecule has 0 atom stereocenters. The molecule has 4 heteroatoms. The third-order valence-electron chi connectivity index (χ3n) is 4.45. The molecule has 0 radical (unpaired) electrons. The Bertz CT molecular complexity index is 496. The van der Waals surface area contributed by atoms with Gasteiger partial charge in [-0.1, -0.05) is 12.1 Å². The number of para-hydroxylation sites is 1. The predicted molar refractivity (Wildman–Crippen MR) is 83.7 cm³/mol. The highest BCUT2D eigenvalue weighted by molar-refractivity contribution is 5.92. The van der Waals surface area contributed by atoms with Crippen molar-refractivity contribution >= 4 is 11.6 Å². The topological polar surface area (TPSA) is 50.4 Å². The van der Waals surface area contributed by atoms with Crippen molar-refractivity contribution in [2.24, 2.45) is 5.92 Å². The average Bonchev–Trinajstić information content (AvgIpc) is 2.54. The van der Waals surface area contributed by atoms with E-state index in [0.29, 0.717) is 12.3 Å². The number of hydrogen-bond acceptors (Lipinski definition) is 3. The predicted octanol–water partition coefficient (Wildman–Crippen LogP) is 2.73. The van der Waals surface area contributed by atoms with Crippen LogP contribution in [0.2, 0.25) is 0 Å². The maximum atomic E-state index is 12.2. The summed E-state index contributed by atoms with van der Waals surface area (Å²) in [5.74, 6) is 1.67. The zero-order valence-corrected chi connectivity index (χ0v) is 12.5. The number of nitrogens with one attached hydrogen (secondary N) is 2. The Morgan fingerprint density at radius 1 is 1.33 bits per heavy atom. The number of rotatable bonds is 4. The molecule has 0 spiro atoms. The second-order valence-electron chi connectivity index (χ2n) is 6.03. The van der Waals surface area contributed by atoms with Crippen molar-refractivity contribution < 1.29 is 9.53 Å². The number of carbonyl (C=O) groups is 1. The summed E-state index contributed by atoms with van der Waals surface area (Å²) in [5.41, 5.74) is 2.04. The molecule has 0 saturated carbocycles. The lowest BCUT2D eigenvalue weighted by atomic mass is 9.93. The van der Waals surface area contributed by atoms with Crippen LogP contribution in [0.25, 0.3) is 0 Å². The lowest BCUT2D eigenvalue weighted by Crippen LogP contribution is -2.28. The van der Waals surface area contributed by atoms with Crippen LogP contribution in [0, 0.1) is 5.92 Å². The number of piperidine rings is 1. The Morgan fingerprint density at radius 2 is 2.19 bits per heavy atom. The number of aryl methyl sites for hydroxylation is 1. The van der Waals surface area contributed by atoms with Crippen LogP contribution in [-0.4, -0.2) is 25.6 Å². The van der Waals surface area contributed by atoms with Gasteiger partial charge in [-0.25, -0.2) is 0 Å². The fraction of sp³-hybridized carbons (Fsp3) is 0.588. The largest absolute Gasteiger partial charge is 0.491 e. The number of fused-ring (bicyclic) bond motifs is 1. The quantitative estimate of drug-likeness (QED) is 0.895. The molecule has 21 heavy (non-hydrogen) atoms. The van der Waals surface area contributed by atoms with Crippen molar-refractivity contribution in [3.05, 3.63) is 23.8 Å². The first-order valence-electron chi connectivity index (χ1n) is 8.08. The van der Waals surface area contributed by atoms with Gasteiger partial charge in [-0.05, 0) is 62.7 Å². The summed E-state index contributed by atoms with van der Waals surface area (Å²) in [6, 6.07) is 6.02. The van der Waals surface area contributed by atoms with Gasteiger partial charge in [-0.3, -0.25) is 4.79 Å². The highest BCUT2D eigenvalue weighted by atomic mass is 16.5. The third kappa shape index (κ3) is 3.76. The summed E-state index contributed by atoms with van der Waals surface area (Å²) in [5, 5.41) is 6.39. The molecule has 2 N–H and O–H groups in total. The van der Waals surface area contributed by atoms with Crippen molar-refractivity contribution in [2.75, 3.05) is 25.0 Å². The van der Waals surface area contributed by atoms with Crippen LogP contribution < -0.4 is 15.4 Å². The molecule has 1 saturated heterocycles. The van der Waals surface area contributed by atoms with Gasteiger partial charge in [0.15, 0.2) is 0 Å². The van der Waals surface area contributed by atoms with E-state index in [1.54, 1.807) is 0 Å². The fourth-order valence-corrected chi connectivity index (χ4v) is 3.21. The average molecular weight is 288 g/mol. The Kier molecular flexibility index (Phi) is 4.76. The number of hydrogen-bond donors (Lipinski definition) is 2. The summed E-state index contributed by atoms with van der Waals surface area (Å²) in [4.78, 5) is 12.2. The molecule has 1 aromatic carbocycles. The minimum atomic E-state index is 0.108. The highest BCUT2D eigenvalue weighted by Gasteiger charge is 2.17. The summed E-state index contributed by atoms with van der Waals surface area (Å²) < 4.78 is 5.73. The summed E-state index contributed by atoms with van der Waals surface area (Å²) in [6.07, 6.45) is 6.07. The first-order chi connectivity index (χ1) is 10.3. The molecule has 1 amide bonds. The fourth-order valence-electron chi connectivity index (χ4n) is 3.21. The van der Waals surface area contributed by atoms with E-state index in [9.17, 15) is 4.79 Å². The van der Waals surface area contributed by atoms with Gasteiger partial charge in [0.05, 0.1) is 12.3 Å². The molecule has 1 fully saturated rings. The van der Waals surface area contributed by atoms with Crippen molar-refractivity contribution in [1.29, 1.82) is 0 Å². The van der Waals surface area contributed by atoms with Crippen LogP contribution in [0.4, 0.5) is 5.69 Å². The molecular weight excluding hydrogens is 264 g/mol. The molecule has 3 rings (SSSR count). The van der Waals surface area contributed by atoms with E-state index in [1.807, 2.05) is 12.1 Å². The Labute approximate surface area is 126 Å². The van der Waals surface area contributed by atoms with Crippen molar-refractivity contribution in [3.8, 4) is 5.75 Å². The van der Waals surface area contributed by atoms with Gasteiger partial charge in [0.1, 0.15) is 5.75 Å². The number of anilines is 1. The lowest BCUT2D eigenvalue weighted by Gasteiger charge is -2.23. The molecule has 2 aliphatic rings. The van der Waals surface area contributed by atoms with Crippen molar-refractivity contribution in [2.45, 2.75) is 38.5 Å². The van der Waals surface area contributed by atoms with Crippen LogP contribution >= 0.6 is 0 Å². The van der Waals surface area contributed by atoms with Gasteiger partial charge in [-0.2, -0.15) is 0 Å². The van der Waals surface area contributed by atoms with Gasteiger partial charge >= 0.3 is 0 Å². The zero-order valence-electron chi connectivity index (χ0n) is 12.5. The standard InChI is InChI=1S/C17H24N2O2/c20-16(7-6-13-8-10-18-11-9-13)19-15-5-1-3-14-4-2-12-21-17(14)15/h1,3,5,13,18H,2,4,6-12H2,(H,19,20). The smallest absolute Gasteiger partial charge is 0.224 e. The van der Waals surface area contributed by atoms with E-state index in [0.717, 1.165) is 50.4 Å². The van der Waals surface area contributed by atoms with Crippen LogP contribution in [0.15, 0.2) is 18.2 Å². The number of amides is 1. The van der Waals surface area contributed by atoms with E-state index < -0.39 is 0 Å². The highest BCUT2D eigenvalue weighted by Crippen LogP contribution is 2.33. The zero-order chi connectivity index (χ0) is 14.5. The molecule has 2 heterocycles. The monoisotopic (exact) mass is 288 g/mol. The number of benzene rings is 1. The van der Waals surface area contributed by atoms with Gasteiger partial charge in [0.2, 0.25) is 5.91 Å². The normalized spacial score (nSPS) is 18.7. The third-order valence-corrected chi connectivity index (χ3v) is 4.45. The maximum Gasteiger partial charge on any atom is 0.224 e. The Morgan fingerprint density at radius 3 is 3.05 bits per heavy atom. The minimum absolute atomic E-state index is 0.108. The summed E-state index contributed by atoms with van der Waals surface area (Å²) >= 11 is 0. The van der Waals surface area contributed by atoms with E-state index in [1.165, 1.54) is 18.4 Å². The van der Waals surface area contributed by atoms with Crippen LogP contribution in [0.3, 0.4) is 0 Å². The van der Waals surface area contributed by atoms with Crippen molar-refractivity contribution in [1.82, 2.24) is 5.32 Å². The second-order valence-corrected chi connectivity index (χ2v) is 6.03. The molecule has 0 unspecified atom stereocenters. The first-order valence-corrected chi connectivity index (χ1v) is 8.08. The number of carbonyl (C=O) groups excluding carboxylic acids is 1. The van der Waals surface area contributed by atoms with E-state index in [4.69, 9.17) is 4.74 Å². The SMILES string of the molecule is O=C(CCC1CCNCC1)Nc1cccc2c1OCCC2. The molecule has 0 aromatic heterocycles. The number of ether oxygens (including phenoxy) is 1. The molecule has 0 aliphatic carbocycles. The molecule has 4 nitrogen and oxygen atoms in total. The van der Waals surface area contributed by atoms with E-state index >= 15 is 0 Å². The Hall–Kier alpha value is -1.55. The molecule has 0 bridgehead atoms. The molecule has 114 valence electrons. The maximum absolute atomic E-state index is 12.2. The van der Waals surface area contributed by atoms with Gasteiger partial charge in [0, 0.05) is 6.42 Å². The Balaban J connectivity index is 1.55. The van der Waals surface area contributed by atoms with Crippen LogP contribution in [-0.2, 0) is 11.2 Å². The van der Waals surface area contributed by atoms with Crippen LogP contribution in [0.5, 0.6) is 5.75 Å². The molecular formula is C17H24N2O2. The van der Waals surface area contributed by atoms with Crippen LogP contribution in [0.1, 0.15) is 37.7 Å². The van der Waals surface area contributed by atoms with E-state index in [2.05, 4.69) is 16.7 Å². The van der Waals surface area contributed by atoms with Gasteiger partial charge < -0.3 is 15.4 Å². The summed E-state index contributed by atoms with van der Waals surface area (Å²) in [7, 11) is 0. The first kappa shape index (κ1) is 14.4. The van der Waals surface area contributed by atoms with Gasteiger partial charge in [0.25, 0.3) is 0 Å². The second kappa shape index (κ2) is 6.94. The van der Waals surface area contributed by atoms with Crippen molar-refractivity contribution in [3.63, 3.8) is 0 Å². The summed E-state index contributed by atoms with van der Waals surface area (Å²) in [6.45, 7) is 2.92. The molecule has 2 aliphatic heterocycles. The van der Waals surface area contributed by atoms with Gasteiger partial charge in [-0.15, -0.1) is 0 Å². The lowest BCUT2D eigenvalue weighted by molar-refractivity contribution is -0.116.